The monoisotopic (exact) mass is 474 g/mol. The van der Waals surface area contributed by atoms with E-state index in [0.717, 1.165) is 29.9 Å². The highest BCUT2D eigenvalue weighted by molar-refractivity contribution is 5.92. The van der Waals surface area contributed by atoms with Crippen LogP contribution in [0.1, 0.15) is 30.2 Å². The maximum absolute atomic E-state index is 14.3. The van der Waals surface area contributed by atoms with Crippen molar-refractivity contribution in [3.05, 3.63) is 95.6 Å². The molecule has 4 rings (SSSR count). The first-order chi connectivity index (χ1) is 17.0. The van der Waals surface area contributed by atoms with E-state index in [1.165, 1.54) is 6.07 Å². The van der Waals surface area contributed by atoms with E-state index in [9.17, 15) is 14.0 Å². The molecule has 0 fully saturated rings. The maximum atomic E-state index is 14.3. The van der Waals surface area contributed by atoms with Crippen molar-refractivity contribution in [2.24, 2.45) is 0 Å². The minimum Gasteiger partial charge on any atom is -0.337 e. The third-order valence-electron chi connectivity index (χ3n) is 6.33. The van der Waals surface area contributed by atoms with Crippen LogP contribution in [0.25, 0.3) is 0 Å². The van der Waals surface area contributed by atoms with Crippen LogP contribution in [0, 0.1) is 5.82 Å². The van der Waals surface area contributed by atoms with Crippen molar-refractivity contribution < 1.29 is 14.0 Å². The zero-order chi connectivity index (χ0) is 24.6. The molecule has 2 amide bonds. The highest BCUT2D eigenvalue weighted by Gasteiger charge is 2.23. The summed E-state index contributed by atoms with van der Waals surface area (Å²) in [6, 6.07) is 20.0. The van der Waals surface area contributed by atoms with Gasteiger partial charge in [0, 0.05) is 58.1 Å². The Morgan fingerprint density at radius 3 is 2.46 bits per heavy atom. The van der Waals surface area contributed by atoms with E-state index in [1.54, 1.807) is 41.1 Å². The van der Waals surface area contributed by atoms with Crippen LogP contribution in [0.2, 0.25) is 0 Å². The number of pyridine rings is 1. The first-order valence-corrected chi connectivity index (χ1v) is 12.0. The van der Waals surface area contributed by atoms with Crippen molar-refractivity contribution in [2.75, 3.05) is 31.1 Å². The van der Waals surface area contributed by atoms with Gasteiger partial charge in [0.15, 0.2) is 0 Å². The van der Waals surface area contributed by atoms with Crippen molar-refractivity contribution in [2.45, 2.75) is 32.9 Å². The first kappa shape index (κ1) is 24.5. The Bertz CT molecular complexity index is 1150. The number of hydrogen-bond acceptors (Lipinski definition) is 4. The summed E-state index contributed by atoms with van der Waals surface area (Å²) < 4.78 is 14.3. The second-order valence-corrected chi connectivity index (χ2v) is 8.83. The van der Waals surface area contributed by atoms with Crippen molar-refractivity contribution in [1.29, 1.82) is 0 Å². The number of para-hydroxylation sites is 1. The summed E-state index contributed by atoms with van der Waals surface area (Å²) in [6.45, 7) is 5.08. The van der Waals surface area contributed by atoms with E-state index < -0.39 is 0 Å². The summed E-state index contributed by atoms with van der Waals surface area (Å²) in [5.41, 5.74) is 3.07. The van der Waals surface area contributed by atoms with Gasteiger partial charge >= 0.3 is 0 Å². The van der Waals surface area contributed by atoms with Gasteiger partial charge in [-0.2, -0.15) is 0 Å². The second-order valence-electron chi connectivity index (χ2n) is 8.83. The quantitative estimate of drug-likeness (QED) is 0.573. The van der Waals surface area contributed by atoms with Crippen LogP contribution < -0.4 is 4.90 Å². The molecule has 182 valence electrons. The fraction of sp³-hybridized carbons (Fsp3) is 0.321. The molecular weight excluding hydrogens is 443 g/mol. The Morgan fingerprint density at radius 2 is 1.69 bits per heavy atom. The molecule has 0 unspecified atom stereocenters. The molecule has 0 bridgehead atoms. The van der Waals surface area contributed by atoms with Crippen LogP contribution >= 0.6 is 0 Å². The number of anilines is 1. The fourth-order valence-corrected chi connectivity index (χ4v) is 4.47. The molecule has 0 atom stereocenters. The Hall–Kier alpha value is -3.58. The number of carbonyl (C=O) groups excluding carboxylic acids is 2. The molecule has 1 aliphatic heterocycles. The molecule has 0 radical (unpaired) electrons. The highest BCUT2D eigenvalue weighted by Crippen LogP contribution is 2.24. The summed E-state index contributed by atoms with van der Waals surface area (Å²) in [7, 11) is 0. The molecule has 0 saturated carbocycles. The van der Waals surface area contributed by atoms with Gasteiger partial charge in [-0.25, -0.2) is 4.39 Å². The lowest BCUT2D eigenvalue weighted by molar-refractivity contribution is -0.131. The third kappa shape index (κ3) is 6.51. The van der Waals surface area contributed by atoms with Crippen LogP contribution in [-0.4, -0.2) is 52.8 Å². The minimum atomic E-state index is -0.376. The number of rotatable bonds is 4. The van der Waals surface area contributed by atoms with Crippen LogP contribution in [0.4, 0.5) is 10.1 Å². The number of fused-ring (bicyclic) bond motifs is 1. The zero-order valence-electron chi connectivity index (χ0n) is 20.1. The number of halogens is 1. The highest BCUT2D eigenvalue weighted by atomic mass is 19.1. The van der Waals surface area contributed by atoms with Crippen LogP contribution in [-0.2, 0) is 29.1 Å². The molecule has 0 saturated heterocycles. The molecular formula is C28H31FN4O2. The van der Waals surface area contributed by atoms with Crippen molar-refractivity contribution >= 4 is 17.5 Å². The van der Waals surface area contributed by atoms with Crippen LogP contribution in [0.3, 0.4) is 0 Å². The maximum Gasteiger partial charge on any atom is 0.227 e. The lowest BCUT2D eigenvalue weighted by atomic mass is 10.1. The van der Waals surface area contributed by atoms with Gasteiger partial charge in [0.05, 0.1) is 12.1 Å². The molecule has 1 aromatic heterocycles. The Balaban J connectivity index is 1.62. The molecule has 7 heteroatoms. The first-order valence-electron chi connectivity index (χ1n) is 12.0. The van der Waals surface area contributed by atoms with E-state index in [-0.39, 0.29) is 24.1 Å². The summed E-state index contributed by atoms with van der Waals surface area (Å²) in [5.74, 6) is -0.549. The third-order valence-corrected chi connectivity index (χ3v) is 6.33. The summed E-state index contributed by atoms with van der Waals surface area (Å²) in [6.07, 6.45) is 2.56. The number of nitrogens with zero attached hydrogens (tertiary/aromatic N) is 4. The van der Waals surface area contributed by atoms with Gasteiger partial charge in [-0.05, 0) is 41.8 Å². The number of aromatic nitrogens is 1. The van der Waals surface area contributed by atoms with Gasteiger partial charge in [0.25, 0.3) is 0 Å². The molecule has 0 N–H and O–H groups in total. The summed E-state index contributed by atoms with van der Waals surface area (Å²) in [5, 5.41) is 0. The topological polar surface area (TPSA) is 56.8 Å². The van der Waals surface area contributed by atoms with Crippen molar-refractivity contribution in [3.63, 3.8) is 0 Å². The van der Waals surface area contributed by atoms with Crippen molar-refractivity contribution in [1.82, 2.24) is 14.8 Å². The molecule has 1 aliphatic rings. The standard InChI is InChI=1S/C28H31FN4O2/c1-22(34)33-16-8-15-31(21-25-11-6-7-14-30-25)17-18-32(20-24-10-3-5-13-27(24)33)28(35)19-23-9-2-4-12-26(23)29/h2-7,9-14H,8,15-21H2,1H3. The number of benzene rings is 2. The van der Waals surface area contributed by atoms with Crippen LogP contribution in [0.5, 0.6) is 0 Å². The molecule has 3 aromatic rings. The van der Waals surface area contributed by atoms with E-state index in [4.69, 9.17) is 0 Å². The Morgan fingerprint density at radius 1 is 0.914 bits per heavy atom. The van der Waals surface area contributed by atoms with Gasteiger partial charge in [-0.3, -0.25) is 19.5 Å². The average molecular weight is 475 g/mol. The molecule has 2 aromatic carbocycles. The normalized spacial score (nSPS) is 15.3. The van der Waals surface area contributed by atoms with Crippen molar-refractivity contribution in [3.8, 4) is 0 Å². The van der Waals surface area contributed by atoms with Gasteiger partial charge in [0.2, 0.25) is 11.8 Å². The fourth-order valence-electron chi connectivity index (χ4n) is 4.47. The molecule has 6 nitrogen and oxygen atoms in total. The zero-order valence-corrected chi connectivity index (χ0v) is 20.1. The lowest BCUT2D eigenvalue weighted by Crippen LogP contribution is -2.39. The van der Waals surface area contributed by atoms with E-state index in [0.29, 0.717) is 38.3 Å². The predicted octanol–water partition coefficient (Wildman–Crippen LogP) is 4.05. The number of amides is 2. The van der Waals surface area contributed by atoms with E-state index in [2.05, 4.69) is 9.88 Å². The summed E-state index contributed by atoms with van der Waals surface area (Å²) >= 11 is 0. The SMILES string of the molecule is CC(=O)N1CCCN(Cc2ccccn2)CCN(C(=O)Cc2ccccc2F)Cc2ccccc21. The van der Waals surface area contributed by atoms with Gasteiger partial charge < -0.3 is 9.80 Å². The number of hydrogen-bond donors (Lipinski definition) is 0. The Kier molecular flexibility index (Phi) is 8.21. The van der Waals surface area contributed by atoms with Gasteiger partial charge in [0.1, 0.15) is 5.82 Å². The van der Waals surface area contributed by atoms with E-state index in [1.807, 2.05) is 42.5 Å². The Labute approximate surface area is 206 Å². The number of carbonyl (C=O) groups is 2. The molecule has 35 heavy (non-hydrogen) atoms. The van der Waals surface area contributed by atoms with E-state index >= 15 is 0 Å². The predicted molar refractivity (Wildman–Crippen MR) is 134 cm³/mol. The van der Waals surface area contributed by atoms with Crippen LogP contribution in [0.15, 0.2) is 72.9 Å². The second kappa shape index (κ2) is 11.7. The minimum absolute atomic E-state index is 0.00843. The van der Waals surface area contributed by atoms with Gasteiger partial charge in [-0.15, -0.1) is 0 Å². The smallest absolute Gasteiger partial charge is 0.227 e. The summed E-state index contributed by atoms with van der Waals surface area (Å²) in [4.78, 5) is 36.3. The lowest BCUT2D eigenvalue weighted by Gasteiger charge is -2.28. The largest absolute Gasteiger partial charge is 0.337 e. The average Bonchev–Trinajstić information content (AvgIpc) is 2.89. The van der Waals surface area contributed by atoms with Gasteiger partial charge in [-0.1, -0.05) is 42.5 Å². The molecule has 2 heterocycles. The molecule has 0 spiro atoms. The molecule has 0 aliphatic carbocycles.